The van der Waals surface area contributed by atoms with Gasteiger partial charge in [0, 0.05) is 12.1 Å². The van der Waals surface area contributed by atoms with Crippen LogP contribution in [0.3, 0.4) is 0 Å². The summed E-state index contributed by atoms with van der Waals surface area (Å²) in [6, 6.07) is 7.83. The van der Waals surface area contributed by atoms with Gasteiger partial charge in [0.15, 0.2) is 0 Å². The van der Waals surface area contributed by atoms with Crippen LogP contribution >= 0.6 is 0 Å². The Morgan fingerprint density at radius 1 is 1.33 bits per heavy atom. The van der Waals surface area contributed by atoms with Gasteiger partial charge in [0.1, 0.15) is 5.75 Å². The molecule has 4 nitrogen and oxygen atoms in total. The van der Waals surface area contributed by atoms with Crippen LogP contribution in [-0.4, -0.2) is 25.1 Å². The molecule has 0 aromatic heterocycles. The maximum atomic E-state index is 12.5. The van der Waals surface area contributed by atoms with Gasteiger partial charge in [-0.1, -0.05) is 18.2 Å². The molecule has 1 aromatic rings. The van der Waals surface area contributed by atoms with E-state index in [0.717, 1.165) is 30.8 Å². The Morgan fingerprint density at radius 2 is 2.05 bits per heavy atom. The number of hydrogen-bond donors (Lipinski definition) is 2. The van der Waals surface area contributed by atoms with Crippen molar-refractivity contribution in [2.24, 2.45) is 5.41 Å². The second kappa shape index (κ2) is 6.48. The predicted octanol–water partition coefficient (Wildman–Crippen LogP) is 2.65. The molecule has 1 amide bonds. The Labute approximate surface area is 127 Å². The number of carbonyl (C=O) groups excluding carboxylic acids is 1. The summed E-state index contributed by atoms with van der Waals surface area (Å²) in [6.45, 7) is 9.69. The Morgan fingerprint density at radius 3 is 2.67 bits per heavy atom. The maximum absolute atomic E-state index is 12.5. The molecule has 0 bridgehead atoms. The lowest BCUT2D eigenvalue weighted by molar-refractivity contribution is -0.129. The van der Waals surface area contributed by atoms with Gasteiger partial charge in [-0.3, -0.25) is 4.79 Å². The standard InChI is InChI=1S/C17H26N2O2/c1-12(2)21-15-8-6-5-7-14(15)13(3)19-16(20)17(4)9-10-18-11-17/h5-8,12-13,18H,9-11H2,1-4H3,(H,19,20). The molecule has 21 heavy (non-hydrogen) atoms. The molecule has 1 aromatic carbocycles. The molecule has 1 heterocycles. The summed E-state index contributed by atoms with van der Waals surface area (Å²) < 4.78 is 5.84. The molecule has 2 atom stereocenters. The van der Waals surface area contributed by atoms with Gasteiger partial charge in [-0.15, -0.1) is 0 Å². The fourth-order valence-electron chi connectivity index (χ4n) is 2.66. The van der Waals surface area contributed by atoms with E-state index in [1.807, 2.05) is 52.0 Å². The van der Waals surface area contributed by atoms with Crippen molar-refractivity contribution in [3.63, 3.8) is 0 Å². The van der Waals surface area contributed by atoms with Crippen LogP contribution in [0, 0.1) is 5.41 Å². The number of amides is 1. The van der Waals surface area contributed by atoms with Crippen LogP contribution < -0.4 is 15.4 Å². The summed E-state index contributed by atoms with van der Waals surface area (Å²) in [7, 11) is 0. The zero-order valence-corrected chi connectivity index (χ0v) is 13.4. The summed E-state index contributed by atoms with van der Waals surface area (Å²) in [5, 5.41) is 6.39. The van der Waals surface area contributed by atoms with Crippen molar-refractivity contribution >= 4 is 5.91 Å². The number of nitrogens with one attached hydrogen (secondary N) is 2. The van der Waals surface area contributed by atoms with Crippen LogP contribution in [-0.2, 0) is 4.79 Å². The molecule has 1 aliphatic heterocycles. The monoisotopic (exact) mass is 290 g/mol. The lowest BCUT2D eigenvalue weighted by Gasteiger charge is -2.26. The summed E-state index contributed by atoms with van der Waals surface area (Å²) in [4.78, 5) is 12.5. The zero-order valence-electron chi connectivity index (χ0n) is 13.4. The van der Waals surface area contributed by atoms with Gasteiger partial charge in [-0.05, 0) is 46.7 Å². The van der Waals surface area contributed by atoms with E-state index in [0.29, 0.717) is 0 Å². The minimum Gasteiger partial charge on any atom is -0.491 e. The number of benzene rings is 1. The Kier molecular flexibility index (Phi) is 4.88. The first-order valence-electron chi connectivity index (χ1n) is 7.69. The van der Waals surface area contributed by atoms with Crippen LogP contribution in [0.2, 0.25) is 0 Å². The normalized spacial score (nSPS) is 23.1. The summed E-state index contributed by atoms with van der Waals surface area (Å²) in [6.07, 6.45) is 1.00. The molecule has 1 saturated heterocycles. The first-order valence-corrected chi connectivity index (χ1v) is 7.69. The molecule has 0 saturated carbocycles. The molecule has 4 heteroatoms. The number of rotatable bonds is 5. The second-order valence-electron chi connectivity index (χ2n) is 6.39. The van der Waals surface area contributed by atoms with Crippen molar-refractivity contribution < 1.29 is 9.53 Å². The van der Waals surface area contributed by atoms with Gasteiger partial charge in [0.2, 0.25) is 5.91 Å². The van der Waals surface area contributed by atoms with Gasteiger partial charge in [0.25, 0.3) is 0 Å². The highest BCUT2D eigenvalue weighted by Crippen LogP contribution is 2.29. The first kappa shape index (κ1) is 15.8. The van der Waals surface area contributed by atoms with E-state index in [1.165, 1.54) is 0 Å². The molecule has 0 spiro atoms. The van der Waals surface area contributed by atoms with Crippen molar-refractivity contribution in [2.75, 3.05) is 13.1 Å². The lowest BCUT2D eigenvalue weighted by Crippen LogP contribution is -2.41. The Balaban J connectivity index is 2.09. The van der Waals surface area contributed by atoms with Gasteiger partial charge < -0.3 is 15.4 Å². The average Bonchev–Trinajstić information content (AvgIpc) is 2.87. The molecule has 116 valence electrons. The topological polar surface area (TPSA) is 50.4 Å². The largest absolute Gasteiger partial charge is 0.491 e. The smallest absolute Gasteiger partial charge is 0.227 e. The van der Waals surface area contributed by atoms with E-state index in [-0.39, 0.29) is 23.5 Å². The molecule has 1 fully saturated rings. The van der Waals surface area contributed by atoms with E-state index in [2.05, 4.69) is 10.6 Å². The average molecular weight is 290 g/mol. The molecule has 1 aliphatic rings. The highest BCUT2D eigenvalue weighted by Gasteiger charge is 2.37. The van der Waals surface area contributed by atoms with Crippen LogP contribution in [0.5, 0.6) is 5.75 Å². The minimum atomic E-state index is -0.303. The summed E-state index contributed by atoms with van der Waals surface area (Å²) in [5.74, 6) is 0.953. The summed E-state index contributed by atoms with van der Waals surface area (Å²) >= 11 is 0. The third-order valence-electron chi connectivity index (χ3n) is 4.01. The van der Waals surface area contributed by atoms with Crippen molar-refractivity contribution in [1.82, 2.24) is 10.6 Å². The maximum Gasteiger partial charge on any atom is 0.227 e. The van der Waals surface area contributed by atoms with Crippen LogP contribution in [0.15, 0.2) is 24.3 Å². The lowest BCUT2D eigenvalue weighted by atomic mass is 9.88. The fraction of sp³-hybridized carbons (Fsp3) is 0.588. The van der Waals surface area contributed by atoms with Gasteiger partial charge in [0.05, 0.1) is 17.6 Å². The van der Waals surface area contributed by atoms with Gasteiger partial charge in [-0.25, -0.2) is 0 Å². The third kappa shape index (κ3) is 3.76. The van der Waals surface area contributed by atoms with Gasteiger partial charge >= 0.3 is 0 Å². The third-order valence-corrected chi connectivity index (χ3v) is 4.01. The minimum absolute atomic E-state index is 0.0649. The van der Waals surface area contributed by atoms with Crippen LogP contribution in [0.1, 0.15) is 45.7 Å². The van der Waals surface area contributed by atoms with E-state index >= 15 is 0 Å². The molecule has 2 N–H and O–H groups in total. The van der Waals surface area contributed by atoms with Crippen molar-refractivity contribution in [3.8, 4) is 5.75 Å². The quantitative estimate of drug-likeness (QED) is 0.876. The van der Waals surface area contributed by atoms with E-state index in [9.17, 15) is 4.79 Å². The molecular formula is C17H26N2O2. The van der Waals surface area contributed by atoms with Crippen LogP contribution in [0.4, 0.5) is 0 Å². The van der Waals surface area contributed by atoms with E-state index < -0.39 is 0 Å². The molecular weight excluding hydrogens is 264 g/mol. The molecule has 0 radical (unpaired) electrons. The first-order chi connectivity index (χ1) is 9.92. The van der Waals surface area contributed by atoms with Crippen LogP contribution in [0.25, 0.3) is 0 Å². The molecule has 2 rings (SSSR count). The van der Waals surface area contributed by atoms with E-state index in [1.54, 1.807) is 0 Å². The zero-order chi connectivity index (χ0) is 15.5. The van der Waals surface area contributed by atoms with Crippen molar-refractivity contribution in [2.45, 2.75) is 46.3 Å². The highest BCUT2D eigenvalue weighted by atomic mass is 16.5. The Bertz CT molecular complexity index is 493. The number of carbonyl (C=O) groups is 1. The number of hydrogen-bond acceptors (Lipinski definition) is 3. The highest BCUT2D eigenvalue weighted by molar-refractivity contribution is 5.83. The van der Waals surface area contributed by atoms with Crippen molar-refractivity contribution in [3.05, 3.63) is 29.8 Å². The fourth-order valence-corrected chi connectivity index (χ4v) is 2.66. The number of ether oxygens (including phenoxy) is 1. The van der Waals surface area contributed by atoms with Gasteiger partial charge in [-0.2, -0.15) is 0 Å². The SMILES string of the molecule is CC(C)Oc1ccccc1C(C)NC(=O)C1(C)CCNC1. The predicted molar refractivity (Wildman–Crippen MR) is 84.4 cm³/mol. The molecule has 0 aliphatic carbocycles. The number of para-hydroxylation sites is 1. The second-order valence-corrected chi connectivity index (χ2v) is 6.39. The Hall–Kier alpha value is -1.55. The molecule has 2 unspecified atom stereocenters. The van der Waals surface area contributed by atoms with E-state index in [4.69, 9.17) is 4.74 Å². The summed E-state index contributed by atoms with van der Waals surface area (Å²) in [5.41, 5.74) is 0.719. The van der Waals surface area contributed by atoms with Crippen molar-refractivity contribution in [1.29, 1.82) is 0 Å².